The molecule has 0 aromatic heterocycles. The predicted molar refractivity (Wildman–Crippen MR) is 240 cm³/mol. The van der Waals surface area contributed by atoms with Crippen molar-refractivity contribution in [2.24, 2.45) is 5.73 Å². The predicted octanol–water partition coefficient (Wildman–Crippen LogP) is 11.9. The van der Waals surface area contributed by atoms with Crippen molar-refractivity contribution in [3.8, 4) is 0 Å². The third-order valence-electron chi connectivity index (χ3n) is 8.97. The summed E-state index contributed by atoms with van der Waals surface area (Å²) in [6.45, 7) is 2.57. The van der Waals surface area contributed by atoms with Crippen LogP contribution in [0.15, 0.2) is 85.1 Å². The van der Waals surface area contributed by atoms with Crippen molar-refractivity contribution in [3.63, 3.8) is 0 Å². The third-order valence-corrected chi connectivity index (χ3v) is 9.92. The standard InChI is InChI=1S/C47H78NO10P/c1-3-5-7-9-11-13-15-17-18-19-20-21-22-23-24-25-27-28-30-32-34-36-38-45(49)55-40-43(41-56-59(53,54)57-42-44(48)47(51)52)58-46(50)39-37-35-33-31-29-26-16-14-12-10-8-6-4-2/h6,8,10-14,16-18,20-21,26,29,43-44H,3-5,7,9,15,19,22-25,27-28,30-42,48H2,1-2H3,(H,51,52)(H,53,54)/b8-6+,12-10+,13-11+,16-14+,18-17+,21-20+,29-26+/t43?,44-/m1/s1. The van der Waals surface area contributed by atoms with Crippen LogP contribution in [0.2, 0.25) is 0 Å². The Balaban J connectivity index is 4.35. The Labute approximate surface area is 356 Å². The molecule has 0 saturated heterocycles. The molecule has 0 radical (unpaired) electrons. The number of rotatable bonds is 40. The van der Waals surface area contributed by atoms with E-state index in [9.17, 15) is 23.8 Å². The first-order chi connectivity index (χ1) is 28.6. The van der Waals surface area contributed by atoms with Gasteiger partial charge in [0.1, 0.15) is 12.6 Å². The van der Waals surface area contributed by atoms with Crippen molar-refractivity contribution < 1.29 is 47.5 Å². The molecule has 336 valence electrons. The molecule has 59 heavy (non-hydrogen) atoms. The summed E-state index contributed by atoms with van der Waals surface area (Å²) >= 11 is 0. The Morgan fingerprint density at radius 2 is 1.02 bits per heavy atom. The third kappa shape index (κ3) is 41.2. The molecule has 0 heterocycles. The van der Waals surface area contributed by atoms with Gasteiger partial charge in [0.05, 0.1) is 13.2 Å². The summed E-state index contributed by atoms with van der Waals surface area (Å²) < 4.78 is 32.6. The van der Waals surface area contributed by atoms with Crippen LogP contribution in [-0.2, 0) is 37.5 Å². The lowest BCUT2D eigenvalue weighted by Crippen LogP contribution is -2.34. The Hall–Kier alpha value is -3.34. The molecular formula is C47H78NO10P. The number of aliphatic carboxylic acids is 1. The molecule has 4 N–H and O–H groups in total. The second-order valence-electron chi connectivity index (χ2n) is 14.5. The van der Waals surface area contributed by atoms with Gasteiger partial charge < -0.3 is 25.2 Å². The van der Waals surface area contributed by atoms with Crippen LogP contribution in [0.5, 0.6) is 0 Å². The maximum atomic E-state index is 12.6. The zero-order valence-corrected chi connectivity index (χ0v) is 37.2. The lowest BCUT2D eigenvalue weighted by molar-refractivity contribution is -0.161. The van der Waals surface area contributed by atoms with Gasteiger partial charge in [-0.2, -0.15) is 0 Å². The average molecular weight is 848 g/mol. The average Bonchev–Trinajstić information content (AvgIpc) is 3.21. The number of hydrogen-bond acceptors (Lipinski definition) is 9. The Morgan fingerprint density at radius 3 is 1.59 bits per heavy atom. The number of ether oxygens (including phenoxy) is 2. The number of esters is 2. The number of nitrogens with two attached hydrogens (primary N) is 1. The normalized spacial score (nSPS) is 14.5. The van der Waals surface area contributed by atoms with E-state index in [4.69, 9.17) is 24.8 Å². The van der Waals surface area contributed by atoms with Crippen LogP contribution < -0.4 is 5.73 Å². The summed E-state index contributed by atoms with van der Waals surface area (Å²) in [4.78, 5) is 45.9. The zero-order chi connectivity index (χ0) is 43.5. The van der Waals surface area contributed by atoms with Gasteiger partial charge in [0, 0.05) is 12.8 Å². The molecule has 3 atom stereocenters. The van der Waals surface area contributed by atoms with E-state index in [2.05, 4.69) is 67.0 Å². The number of phosphoric ester groups is 1. The minimum atomic E-state index is -4.73. The Kier molecular flexibility index (Phi) is 39.1. The van der Waals surface area contributed by atoms with E-state index in [1.165, 1.54) is 57.8 Å². The fourth-order valence-electron chi connectivity index (χ4n) is 5.49. The Morgan fingerprint density at radius 1 is 0.559 bits per heavy atom. The van der Waals surface area contributed by atoms with Gasteiger partial charge in [0.15, 0.2) is 6.10 Å². The highest BCUT2D eigenvalue weighted by Gasteiger charge is 2.28. The number of unbranched alkanes of at least 4 members (excludes halogenated alkanes) is 15. The lowest BCUT2D eigenvalue weighted by atomic mass is 10.1. The van der Waals surface area contributed by atoms with Gasteiger partial charge in [-0.25, -0.2) is 4.57 Å². The fourth-order valence-corrected chi connectivity index (χ4v) is 6.27. The number of carboxylic acid groups (broad SMARTS) is 1. The van der Waals surface area contributed by atoms with Crippen LogP contribution in [0.3, 0.4) is 0 Å². The van der Waals surface area contributed by atoms with Gasteiger partial charge in [-0.1, -0.05) is 163 Å². The van der Waals surface area contributed by atoms with Crippen LogP contribution in [0, 0.1) is 0 Å². The number of allylic oxidation sites excluding steroid dienone is 14. The molecule has 0 amide bonds. The van der Waals surface area contributed by atoms with Gasteiger partial charge in [-0.15, -0.1) is 0 Å². The van der Waals surface area contributed by atoms with Gasteiger partial charge in [0.2, 0.25) is 0 Å². The van der Waals surface area contributed by atoms with E-state index in [0.29, 0.717) is 12.8 Å². The number of carbonyl (C=O) groups is 3. The first-order valence-electron chi connectivity index (χ1n) is 22.2. The van der Waals surface area contributed by atoms with Crippen molar-refractivity contribution in [3.05, 3.63) is 85.1 Å². The summed E-state index contributed by atoms with van der Waals surface area (Å²) in [5.41, 5.74) is 5.33. The first-order valence-corrected chi connectivity index (χ1v) is 23.7. The number of hydrogen-bond donors (Lipinski definition) is 3. The largest absolute Gasteiger partial charge is 0.480 e. The zero-order valence-electron chi connectivity index (χ0n) is 36.3. The highest BCUT2D eigenvalue weighted by Crippen LogP contribution is 2.43. The number of carbonyl (C=O) groups excluding carboxylic acids is 2. The van der Waals surface area contributed by atoms with Crippen molar-refractivity contribution in [2.75, 3.05) is 19.8 Å². The summed E-state index contributed by atoms with van der Waals surface area (Å²) in [6, 6.07) is -1.53. The van der Waals surface area contributed by atoms with E-state index in [0.717, 1.165) is 64.2 Å². The monoisotopic (exact) mass is 848 g/mol. The first kappa shape index (κ1) is 55.7. The van der Waals surface area contributed by atoms with Gasteiger partial charge in [-0.05, 0) is 70.6 Å². The van der Waals surface area contributed by atoms with E-state index in [1.54, 1.807) is 0 Å². The van der Waals surface area contributed by atoms with Crippen molar-refractivity contribution >= 4 is 25.7 Å². The Bertz CT molecular complexity index is 1320. The van der Waals surface area contributed by atoms with Crippen LogP contribution in [0.25, 0.3) is 0 Å². The van der Waals surface area contributed by atoms with Crippen molar-refractivity contribution in [1.29, 1.82) is 0 Å². The van der Waals surface area contributed by atoms with Crippen LogP contribution in [-0.4, -0.2) is 59.9 Å². The SMILES string of the molecule is CC/C=C/C=C/C=C/C=C/CCCCCC(=O)OC(COC(=O)CCCCCCCCCCC/C=C/C/C=C/C/C=C/CCCCC)COP(=O)(O)OC[C@@H](N)C(=O)O. The maximum absolute atomic E-state index is 12.6. The summed E-state index contributed by atoms with van der Waals surface area (Å²) in [7, 11) is -4.73. The van der Waals surface area contributed by atoms with E-state index in [-0.39, 0.29) is 19.4 Å². The molecule has 0 spiro atoms. The highest BCUT2D eigenvalue weighted by molar-refractivity contribution is 7.47. The second kappa shape index (κ2) is 41.4. The molecular weight excluding hydrogens is 769 g/mol. The summed E-state index contributed by atoms with van der Waals surface area (Å²) in [5.74, 6) is -2.45. The minimum absolute atomic E-state index is 0.109. The number of phosphoric acid groups is 1. The lowest BCUT2D eigenvalue weighted by Gasteiger charge is -2.20. The van der Waals surface area contributed by atoms with Crippen LogP contribution in [0.1, 0.15) is 162 Å². The minimum Gasteiger partial charge on any atom is -0.480 e. The molecule has 0 fully saturated rings. The second-order valence-corrected chi connectivity index (χ2v) is 16.0. The van der Waals surface area contributed by atoms with Crippen molar-refractivity contribution in [2.45, 2.75) is 174 Å². The molecule has 12 heteroatoms. The molecule has 0 rings (SSSR count). The fraction of sp³-hybridized carbons (Fsp3) is 0.638. The molecule has 0 aliphatic carbocycles. The van der Waals surface area contributed by atoms with Crippen molar-refractivity contribution in [1.82, 2.24) is 0 Å². The number of carboxylic acids is 1. The highest BCUT2D eigenvalue weighted by atomic mass is 31.2. The summed E-state index contributed by atoms with van der Waals surface area (Å²) in [6.07, 6.45) is 50.8. The smallest absolute Gasteiger partial charge is 0.472 e. The topological polar surface area (TPSA) is 172 Å². The molecule has 0 aromatic carbocycles. The van der Waals surface area contributed by atoms with E-state index < -0.39 is 51.1 Å². The molecule has 0 bridgehead atoms. The summed E-state index contributed by atoms with van der Waals surface area (Å²) in [5, 5.41) is 8.89. The van der Waals surface area contributed by atoms with Crippen LogP contribution >= 0.6 is 7.82 Å². The molecule has 11 nitrogen and oxygen atoms in total. The molecule has 0 aliphatic heterocycles. The van der Waals surface area contributed by atoms with Gasteiger partial charge in [-0.3, -0.25) is 23.4 Å². The van der Waals surface area contributed by atoms with Gasteiger partial charge in [0.25, 0.3) is 0 Å². The van der Waals surface area contributed by atoms with Crippen LogP contribution in [0.4, 0.5) is 0 Å². The van der Waals surface area contributed by atoms with Gasteiger partial charge >= 0.3 is 25.7 Å². The van der Waals surface area contributed by atoms with E-state index in [1.807, 2.05) is 36.5 Å². The maximum Gasteiger partial charge on any atom is 0.472 e. The molecule has 2 unspecified atom stereocenters. The molecule has 0 aliphatic rings. The quantitative estimate of drug-likeness (QED) is 0.0176. The molecule has 0 saturated carbocycles. The molecule has 0 aromatic rings. The van der Waals surface area contributed by atoms with E-state index >= 15 is 0 Å².